The van der Waals surface area contributed by atoms with Gasteiger partial charge in [-0.1, -0.05) is 30.3 Å². The molecule has 9 nitrogen and oxygen atoms in total. The first-order chi connectivity index (χ1) is 17.0. The van der Waals surface area contributed by atoms with Crippen LogP contribution in [0.4, 0.5) is 5.82 Å². The van der Waals surface area contributed by atoms with Gasteiger partial charge in [0.25, 0.3) is 0 Å². The monoisotopic (exact) mass is 474 g/mol. The van der Waals surface area contributed by atoms with Gasteiger partial charge in [0, 0.05) is 5.39 Å². The second-order valence-corrected chi connectivity index (χ2v) is 7.65. The third-order valence-electron chi connectivity index (χ3n) is 5.30. The van der Waals surface area contributed by atoms with Gasteiger partial charge in [0.15, 0.2) is 11.6 Å². The standard InChI is InChI=1S/C26H26N4O5/c1-4-34-26(32)20-16-27-30(22-15-17(2)19-11-8-12-21(33-3)24(19)28-22)25(20)29-23(31)13-14-35-18-9-6-5-7-10-18/h5-12,15-16H,4,13-14H2,1-3H3,(H,29,31). The van der Waals surface area contributed by atoms with E-state index in [0.717, 1.165) is 10.9 Å². The number of aromatic nitrogens is 3. The smallest absolute Gasteiger partial charge is 0.343 e. The summed E-state index contributed by atoms with van der Waals surface area (Å²) in [6, 6.07) is 16.7. The van der Waals surface area contributed by atoms with Crippen molar-refractivity contribution in [3.8, 4) is 17.3 Å². The largest absolute Gasteiger partial charge is 0.494 e. The number of esters is 1. The molecule has 0 aliphatic carbocycles. The number of anilines is 1. The van der Waals surface area contributed by atoms with Gasteiger partial charge in [-0.05, 0) is 43.7 Å². The van der Waals surface area contributed by atoms with E-state index in [-0.39, 0.29) is 36.9 Å². The Kier molecular flexibility index (Phi) is 7.25. The second-order valence-electron chi connectivity index (χ2n) is 7.65. The molecular weight excluding hydrogens is 448 g/mol. The second kappa shape index (κ2) is 10.7. The van der Waals surface area contributed by atoms with Crippen molar-refractivity contribution in [1.29, 1.82) is 0 Å². The number of para-hydroxylation sites is 2. The maximum Gasteiger partial charge on any atom is 0.343 e. The van der Waals surface area contributed by atoms with Gasteiger partial charge in [-0.2, -0.15) is 9.78 Å². The number of carbonyl (C=O) groups excluding carboxylic acids is 2. The highest BCUT2D eigenvalue weighted by Crippen LogP contribution is 2.29. The van der Waals surface area contributed by atoms with Crippen LogP contribution in [-0.4, -0.2) is 47.0 Å². The Morgan fingerprint density at radius 2 is 1.89 bits per heavy atom. The van der Waals surface area contributed by atoms with Crippen molar-refractivity contribution in [2.45, 2.75) is 20.3 Å². The highest BCUT2D eigenvalue weighted by atomic mass is 16.5. The number of fused-ring (bicyclic) bond motifs is 1. The van der Waals surface area contributed by atoms with E-state index in [1.165, 1.54) is 10.9 Å². The number of hydrogen-bond acceptors (Lipinski definition) is 7. The molecule has 0 unspecified atom stereocenters. The number of benzene rings is 2. The van der Waals surface area contributed by atoms with Crippen LogP contribution in [0.15, 0.2) is 60.8 Å². The van der Waals surface area contributed by atoms with E-state index in [0.29, 0.717) is 22.8 Å². The van der Waals surface area contributed by atoms with Crippen LogP contribution in [0.25, 0.3) is 16.7 Å². The summed E-state index contributed by atoms with van der Waals surface area (Å²) < 4.78 is 17.7. The molecule has 0 radical (unpaired) electrons. The number of rotatable bonds is 9. The molecule has 4 rings (SSSR count). The first-order valence-electron chi connectivity index (χ1n) is 11.2. The van der Waals surface area contributed by atoms with Gasteiger partial charge in [0.1, 0.15) is 22.6 Å². The van der Waals surface area contributed by atoms with E-state index in [9.17, 15) is 9.59 Å². The minimum Gasteiger partial charge on any atom is -0.494 e. The van der Waals surface area contributed by atoms with Gasteiger partial charge in [0.05, 0.1) is 32.9 Å². The van der Waals surface area contributed by atoms with Crippen molar-refractivity contribution >= 4 is 28.6 Å². The maximum absolute atomic E-state index is 12.8. The van der Waals surface area contributed by atoms with E-state index < -0.39 is 5.97 Å². The Morgan fingerprint density at radius 3 is 2.63 bits per heavy atom. The van der Waals surface area contributed by atoms with Crippen LogP contribution >= 0.6 is 0 Å². The maximum atomic E-state index is 12.8. The van der Waals surface area contributed by atoms with Crippen molar-refractivity contribution in [3.63, 3.8) is 0 Å². The summed E-state index contributed by atoms with van der Waals surface area (Å²) in [4.78, 5) is 30.1. The van der Waals surface area contributed by atoms with E-state index in [1.54, 1.807) is 14.0 Å². The van der Waals surface area contributed by atoms with Gasteiger partial charge in [-0.3, -0.25) is 4.79 Å². The molecule has 180 valence electrons. The summed E-state index contributed by atoms with van der Waals surface area (Å²) in [5.74, 6) is 0.935. The average Bonchev–Trinajstić information content (AvgIpc) is 3.28. The molecule has 0 atom stereocenters. The van der Waals surface area contributed by atoms with Crippen LogP contribution in [0, 0.1) is 6.92 Å². The lowest BCUT2D eigenvalue weighted by Crippen LogP contribution is -2.20. The lowest BCUT2D eigenvalue weighted by Gasteiger charge is -2.13. The molecule has 2 heterocycles. The first kappa shape index (κ1) is 23.7. The highest BCUT2D eigenvalue weighted by Gasteiger charge is 2.23. The number of methoxy groups -OCH3 is 1. The van der Waals surface area contributed by atoms with Crippen LogP contribution in [0.5, 0.6) is 11.5 Å². The Morgan fingerprint density at radius 1 is 1.09 bits per heavy atom. The number of nitrogens with one attached hydrogen (secondary N) is 1. The third-order valence-corrected chi connectivity index (χ3v) is 5.30. The molecule has 1 N–H and O–H groups in total. The Hall–Kier alpha value is -4.40. The zero-order valence-electron chi connectivity index (χ0n) is 19.8. The average molecular weight is 475 g/mol. The molecule has 2 aromatic heterocycles. The first-order valence-corrected chi connectivity index (χ1v) is 11.2. The fourth-order valence-electron chi connectivity index (χ4n) is 3.62. The van der Waals surface area contributed by atoms with Crippen molar-refractivity contribution in [2.24, 2.45) is 0 Å². The molecule has 0 bridgehead atoms. The number of ether oxygens (including phenoxy) is 3. The van der Waals surface area contributed by atoms with Crippen LogP contribution in [-0.2, 0) is 9.53 Å². The lowest BCUT2D eigenvalue weighted by molar-refractivity contribution is -0.116. The molecule has 4 aromatic rings. The zero-order chi connectivity index (χ0) is 24.8. The molecule has 0 fully saturated rings. The SMILES string of the molecule is CCOC(=O)c1cnn(-c2cc(C)c3cccc(OC)c3n2)c1NC(=O)CCOc1ccccc1. The van der Waals surface area contributed by atoms with Crippen LogP contribution in [0.1, 0.15) is 29.3 Å². The summed E-state index contributed by atoms with van der Waals surface area (Å²) in [6.45, 7) is 4.01. The summed E-state index contributed by atoms with van der Waals surface area (Å²) in [6.07, 6.45) is 1.43. The molecule has 1 amide bonds. The van der Waals surface area contributed by atoms with Crippen molar-refractivity contribution in [2.75, 3.05) is 25.6 Å². The minimum absolute atomic E-state index is 0.0698. The number of carbonyl (C=O) groups is 2. The number of hydrogen-bond donors (Lipinski definition) is 1. The summed E-state index contributed by atoms with van der Waals surface area (Å²) in [7, 11) is 1.58. The molecule has 9 heteroatoms. The van der Waals surface area contributed by atoms with Crippen LogP contribution in [0.3, 0.4) is 0 Å². The van der Waals surface area contributed by atoms with Gasteiger partial charge >= 0.3 is 5.97 Å². The van der Waals surface area contributed by atoms with Crippen LogP contribution < -0.4 is 14.8 Å². The van der Waals surface area contributed by atoms with Gasteiger partial charge in [-0.15, -0.1) is 0 Å². The zero-order valence-corrected chi connectivity index (χ0v) is 19.8. The highest BCUT2D eigenvalue weighted by molar-refractivity contribution is 6.00. The van der Waals surface area contributed by atoms with Gasteiger partial charge in [-0.25, -0.2) is 9.78 Å². The quantitative estimate of drug-likeness (QED) is 0.360. The van der Waals surface area contributed by atoms with Crippen LogP contribution in [0.2, 0.25) is 0 Å². The molecule has 0 aliphatic rings. The Bertz CT molecular complexity index is 1350. The predicted molar refractivity (Wildman–Crippen MR) is 131 cm³/mol. The fourth-order valence-corrected chi connectivity index (χ4v) is 3.62. The molecule has 0 spiro atoms. The van der Waals surface area contributed by atoms with E-state index in [2.05, 4.69) is 10.4 Å². The summed E-state index contributed by atoms with van der Waals surface area (Å²) in [5.41, 5.74) is 1.71. The Balaban J connectivity index is 1.65. The molecule has 0 saturated heterocycles. The summed E-state index contributed by atoms with van der Waals surface area (Å²) >= 11 is 0. The molecule has 2 aromatic carbocycles. The van der Waals surface area contributed by atoms with E-state index in [4.69, 9.17) is 19.2 Å². The molecule has 35 heavy (non-hydrogen) atoms. The van der Waals surface area contributed by atoms with E-state index >= 15 is 0 Å². The van der Waals surface area contributed by atoms with Gasteiger partial charge < -0.3 is 19.5 Å². The molecular formula is C26H26N4O5. The van der Waals surface area contributed by atoms with E-state index in [1.807, 2.05) is 61.5 Å². The predicted octanol–water partition coefficient (Wildman–Crippen LogP) is 4.32. The number of nitrogens with zero attached hydrogens (tertiary/aromatic N) is 3. The minimum atomic E-state index is -0.593. The fraction of sp³-hybridized carbons (Fsp3) is 0.231. The van der Waals surface area contributed by atoms with Crippen molar-refractivity contribution < 1.29 is 23.8 Å². The number of amides is 1. The summed E-state index contributed by atoms with van der Waals surface area (Å²) in [5, 5.41) is 8.05. The topological polar surface area (TPSA) is 105 Å². The normalized spacial score (nSPS) is 10.7. The Labute approximate surface area is 202 Å². The number of pyridine rings is 1. The number of aryl methyl sites for hydroxylation is 1. The molecule has 0 saturated carbocycles. The third kappa shape index (κ3) is 5.24. The lowest BCUT2D eigenvalue weighted by atomic mass is 10.1. The van der Waals surface area contributed by atoms with Gasteiger partial charge in [0.2, 0.25) is 5.91 Å². The molecule has 0 aliphatic heterocycles. The van der Waals surface area contributed by atoms with Crippen molar-refractivity contribution in [3.05, 3.63) is 71.9 Å². The van der Waals surface area contributed by atoms with Crippen molar-refractivity contribution in [1.82, 2.24) is 14.8 Å².